The lowest BCUT2D eigenvalue weighted by molar-refractivity contribution is -0.121. The lowest BCUT2D eigenvalue weighted by atomic mass is 10.1. The van der Waals surface area contributed by atoms with Crippen molar-refractivity contribution < 1.29 is 4.79 Å². The minimum atomic E-state index is -0.133. The molecule has 2 aromatic carbocycles. The number of nitrogens with zero attached hydrogens (tertiary/aromatic N) is 4. The summed E-state index contributed by atoms with van der Waals surface area (Å²) < 4.78 is 3.29. The Bertz CT molecular complexity index is 1500. The molecule has 170 valence electrons. The predicted molar refractivity (Wildman–Crippen MR) is 134 cm³/mol. The quantitative estimate of drug-likeness (QED) is 0.385. The van der Waals surface area contributed by atoms with E-state index >= 15 is 0 Å². The van der Waals surface area contributed by atoms with E-state index in [0.29, 0.717) is 16.8 Å². The monoisotopic (exact) mass is 469 g/mol. The number of amides is 1. The van der Waals surface area contributed by atoms with Crippen molar-refractivity contribution in [3.05, 3.63) is 100 Å². The Morgan fingerprint density at radius 3 is 2.71 bits per heavy atom. The fraction of sp³-hybridized carbons (Fsp3) is 0.154. The lowest BCUT2D eigenvalue weighted by Crippen LogP contribution is -2.27. The molecule has 0 spiro atoms. The van der Waals surface area contributed by atoms with Gasteiger partial charge in [0.1, 0.15) is 4.83 Å². The second-order valence-corrected chi connectivity index (χ2v) is 8.90. The normalized spacial score (nSPS) is 11.1. The SMILES string of the molecule is Cc1ccc(-c2csc3ncn(CCC(=O)NCc4ccccc4-n4cccn4)c(=O)c23)cc1. The van der Waals surface area contributed by atoms with Crippen LogP contribution in [0.4, 0.5) is 0 Å². The maximum absolute atomic E-state index is 13.2. The van der Waals surface area contributed by atoms with Gasteiger partial charge in [0, 0.05) is 42.8 Å². The summed E-state index contributed by atoms with van der Waals surface area (Å²) >= 11 is 1.46. The summed E-state index contributed by atoms with van der Waals surface area (Å²) in [6.07, 6.45) is 5.29. The molecule has 0 saturated carbocycles. The molecule has 34 heavy (non-hydrogen) atoms. The predicted octanol–water partition coefficient (Wildman–Crippen LogP) is 4.33. The molecule has 0 bridgehead atoms. The highest BCUT2D eigenvalue weighted by Crippen LogP contribution is 2.30. The van der Waals surface area contributed by atoms with Crippen LogP contribution in [0.3, 0.4) is 0 Å². The molecular weight excluding hydrogens is 446 g/mol. The van der Waals surface area contributed by atoms with E-state index in [-0.39, 0.29) is 24.4 Å². The Balaban J connectivity index is 1.29. The average Bonchev–Trinajstić information content (AvgIpc) is 3.54. The van der Waals surface area contributed by atoms with Gasteiger partial charge < -0.3 is 5.32 Å². The van der Waals surface area contributed by atoms with E-state index in [1.54, 1.807) is 10.9 Å². The van der Waals surface area contributed by atoms with Crippen LogP contribution in [-0.4, -0.2) is 25.2 Å². The van der Waals surface area contributed by atoms with Crippen molar-refractivity contribution in [1.82, 2.24) is 24.6 Å². The van der Waals surface area contributed by atoms with E-state index in [1.807, 2.05) is 73.1 Å². The topological polar surface area (TPSA) is 81.8 Å². The van der Waals surface area contributed by atoms with E-state index in [1.165, 1.54) is 22.2 Å². The second kappa shape index (κ2) is 9.44. The van der Waals surface area contributed by atoms with Crippen molar-refractivity contribution >= 4 is 27.5 Å². The highest BCUT2D eigenvalue weighted by molar-refractivity contribution is 7.17. The molecule has 0 saturated heterocycles. The van der Waals surface area contributed by atoms with Crippen LogP contribution in [0.2, 0.25) is 0 Å². The molecule has 0 fully saturated rings. The summed E-state index contributed by atoms with van der Waals surface area (Å²) in [5.41, 5.74) is 4.78. The van der Waals surface area contributed by atoms with Crippen molar-refractivity contribution in [1.29, 1.82) is 0 Å². The third-order valence-corrected chi connectivity index (χ3v) is 6.61. The summed E-state index contributed by atoms with van der Waals surface area (Å²) in [6.45, 7) is 2.67. The van der Waals surface area contributed by atoms with Crippen LogP contribution in [0.15, 0.2) is 83.5 Å². The summed E-state index contributed by atoms with van der Waals surface area (Å²) in [4.78, 5) is 30.9. The Morgan fingerprint density at radius 2 is 1.91 bits per heavy atom. The molecule has 5 rings (SSSR count). The van der Waals surface area contributed by atoms with E-state index < -0.39 is 0 Å². The maximum atomic E-state index is 13.2. The Morgan fingerprint density at radius 1 is 1.09 bits per heavy atom. The minimum absolute atomic E-state index is 0.126. The third kappa shape index (κ3) is 4.40. The summed E-state index contributed by atoms with van der Waals surface area (Å²) in [5.74, 6) is -0.133. The fourth-order valence-electron chi connectivity index (χ4n) is 3.87. The van der Waals surface area contributed by atoms with Gasteiger partial charge in [-0.25, -0.2) is 9.67 Å². The molecule has 0 aliphatic rings. The van der Waals surface area contributed by atoms with Gasteiger partial charge in [0.05, 0.1) is 17.4 Å². The van der Waals surface area contributed by atoms with E-state index in [9.17, 15) is 9.59 Å². The summed E-state index contributed by atoms with van der Waals surface area (Å²) in [7, 11) is 0. The molecule has 0 atom stereocenters. The largest absolute Gasteiger partial charge is 0.352 e. The number of rotatable bonds is 7. The molecule has 3 aromatic heterocycles. The van der Waals surface area contributed by atoms with Crippen LogP contribution in [-0.2, 0) is 17.9 Å². The van der Waals surface area contributed by atoms with Crippen LogP contribution in [0.5, 0.6) is 0 Å². The molecule has 1 N–H and O–H groups in total. The van der Waals surface area contributed by atoms with Gasteiger partial charge in [-0.05, 0) is 30.2 Å². The zero-order valence-corrected chi connectivity index (χ0v) is 19.5. The average molecular weight is 470 g/mol. The molecule has 8 heteroatoms. The second-order valence-electron chi connectivity index (χ2n) is 8.04. The molecule has 0 aliphatic carbocycles. The number of nitrogens with one attached hydrogen (secondary N) is 1. The molecule has 3 heterocycles. The van der Waals surface area contributed by atoms with Gasteiger partial charge in [0.25, 0.3) is 5.56 Å². The third-order valence-electron chi connectivity index (χ3n) is 5.72. The first-order valence-electron chi connectivity index (χ1n) is 11.0. The van der Waals surface area contributed by atoms with Crippen molar-refractivity contribution in [3.63, 3.8) is 0 Å². The zero-order chi connectivity index (χ0) is 23.5. The standard InChI is InChI=1S/C26H23N5O2S/c1-18-7-9-19(10-8-18)21-16-34-25-24(21)26(33)30(17-28-25)14-11-23(32)27-15-20-5-2-3-6-22(20)31-13-4-12-29-31/h2-10,12-13,16-17H,11,14-15H2,1H3,(H,27,32). The lowest BCUT2D eigenvalue weighted by Gasteiger charge is -2.11. The number of aryl methyl sites for hydroxylation is 2. The number of benzene rings is 2. The van der Waals surface area contributed by atoms with Gasteiger partial charge in [-0.3, -0.25) is 14.2 Å². The zero-order valence-electron chi connectivity index (χ0n) is 18.6. The van der Waals surface area contributed by atoms with Gasteiger partial charge >= 0.3 is 0 Å². The van der Waals surface area contributed by atoms with Gasteiger partial charge in [-0.15, -0.1) is 11.3 Å². The first-order valence-corrected chi connectivity index (χ1v) is 11.9. The number of fused-ring (bicyclic) bond motifs is 1. The van der Waals surface area contributed by atoms with Crippen LogP contribution in [0.25, 0.3) is 27.0 Å². The number of para-hydroxylation sites is 1. The van der Waals surface area contributed by atoms with E-state index in [2.05, 4.69) is 15.4 Å². The van der Waals surface area contributed by atoms with Crippen molar-refractivity contribution in [2.45, 2.75) is 26.4 Å². The van der Waals surface area contributed by atoms with Crippen LogP contribution >= 0.6 is 11.3 Å². The van der Waals surface area contributed by atoms with Crippen molar-refractivity contribution in [2.24, 2.45) is 0 Å². The van der Waals surface area contributed by atoms with Crippen LogP contribution < -0.4 is 10.9 Å². The smallest absolute Gasteiger partial charge is 0.262 e. The Labute approximate surface area is 200 Å². The number of hydrogen-bond donors (Lipinski definition) is 1. The minimum Gasteiger partial charge on any atom is -0.352 e. The van der Waals surface area contributed by atoms with Crippen molar-refractivity contribution in [2.75, 3.05) is 0 Å². The Hall–Kier alpha value is -4.04. The molecule has 7 nitrogen and oxygen atoms in total. The molecule has 1 amide bonds. The number of carbonyl (C=O) groups excluding carboxylic acids is 1. The Kier molecular flexibility index (Phi) is 6.05. The van der Waals surface area contributed by atoms with Gasteiger partial charge in [-0.1, -0.05) is 48.0 Å². The van der Waals surface area contributed by atoms with Crippen molar-refractivity contribution in [3.8, 4) is 16.8 Å². The fourth-order valence-corrected chi connectivity index (χ4v) is 4.78. The molecular formula is C26H23N5O2S. The molecule has 0 aliphatic heterocycles. The molecule has 0 radical (unpaired) electrons. The highest BCUT2D eigenvalue weighted by Gasteiger charge is 2.14. The van der Waals surface area contributed by atoms with Crippen LogP contribution in [0.1, 0.15) is 17.5 Å². The molecule has 0 unspecified atom stereocenters. The van der Waals surface area contributed by atoms with E-state index in [0.717, 1.165) is 27.9 Å². The van der Waals surface area contributed by atoms with Gasteiger partial charge in [0.15, 0.2) is 0 Å². The first-order chi connectivity index (χ1) is 16.6. The number of aromatic nitrogens is 4. The number of carbonyl (C=O) groups is 1. The maximum Gasteiger partial charge on any atom is 0.262 e. The van der Waals surface area contributed by atoms with Gasteiger partial charge in [0.2, 0.25) is 5.91 Å². The first kappa shape index (κ1) is 21.8. The molecule has 5 aromatic rings. The summed E-state index contributed by atoms with van der Waals surface area (Å²) in [5, 5.41) is 9.80. The summed E-state index contributed by atoms with van der Waals surface area (Å²) in [6, 6.07) is 17.7. The van der Waals surface area contributed by atoms with E-state index in [4.69, 9.17) is 0 Å². The van der Waals surface area contributed by atoms with Gasteiger partial charge in [-0.2, -0.15) is 5.10 Å². The highest BCUT2D eigenvalue weighted by atomic mass is 32.1. The van der Waals surface area contributed by atoms with Crippen LogP contribution in [0, 0.1) is 6.92 Å². The number of thiophene rings is 1. The number of hydrogen-bond acceptors (Lipinski definition) is 5.